The summed E-state index contributed by atoms with van der Waals surface area (Å²) in [5.74, 6) is -0.323. The van der Waals surface area contributed by atoms with Crippen molar-refractivity contribution in [3.63, 3.8) is 0 Å². The first-order valence-corrected chi connectivity index (χ1v) is 13.3. The SMILES string of the molecule is C[C@H](CCc1ccccc1)NC(=O)[C@@H]1c2ccccc2C(=O)N(C2CCCC2)[C@@H]1c1cccs1. The fraction of sp³-hybridized carbons (Fsp3) is 0.379. The average Bonchev–Trinajstić information content (AvgIpc) is 3.58. The van der Waals surface area contributed by atoms with E-state index in [1.807, 2.05) is 41.8 Å². The number of fused-ring (bicyclic) bond motifs is 1. The van der Waals surface area contributed by atoms with E-state index >= 15 is 0 Å². The Kier molecular flexibility index (Phi) is 6.82. The van der Waals surface area contributed by atoms with E-state index in [2.05, 4.69) is 47.5 Å². The lowest BCUT2D eigenvalue weighted by Crippen LogP contribution is -2.51. The van der Waals surface area contributed by atoms with Gasteiger partial charge in [0.25, 0.3) is 5.91 Å². The molecule has 1 aliphatic carbocycles. The zero-order valence-electron chi connectivity index (χ0n) is 19.7. The van der Waals surface area contributed by atoms with Crippen molar-refractivity contribution in [3.05, 3.63) is 93.7 Å². The largest absolute Gasteiger partial charge is 0.353 e. The molecule has 2 amide bonds. The minimum Gasteiger partial charge on any atom is -0.353 e. The van der Waals surface area contributed by atoms with E-state index in [4.69, 9.17) is 0 Å². The number of thiophene rings is 1. The number of nitrogens with zero attached hydrogens (tertiary/aromatic N) is 1. The van der Waals surface area contributed by atoms with Crippen LogP contribution in [0.25, 0.3) is 0 Å². The molecular formula is C29H32N2O2S. The van der Waals surface area contributed by atoms with Gasteiger partial charge in [0.15, 0.2) is 0 Å². The van der Waals surface area contributed by atoms with Crippen molar-refractivity contribution in [2.24, 2.45) is 0 Å². The van der Waals surface area contributed by atoms with Gasteiger partial charge in [-0.15, -0.1) is 11.3 Å². The number of nitrogens with one attached hydrogen (secondary N) is 1. The molecule has 5 rings (SSSR count). The lowest BCUT2D eigenvalue weighted by atomic mass is 9.80. The van der Waals surface area contributed by atoms with Crippen molar-refractivity contribution in [2.75, 3.05) is 0 Å². The number of benzene rings is 2. The summed E-state index contributed by atoms with van der Waals surface area (Å²) in [6.07, 6.45) is 6.10. The van der Waals surface area contributed by atoms with Crippen molar-refractivity contribution in [1.29, 1.82) is 0 Å². The zero-order chi connectivity index (χ0) is 23.5. The van der Waals surface area contributed by atoms with E-state index in [9.17, 15) is 9.59 Å². The molecule has 34 heavy (non-hydrogen) atoms. The Balaban J connectivity index is 1.45. The molecule has 0 radical (unpaired) electrons. The van der Waals surface area contributed by atoms with Gasteiger partial charge in [0.1, 0.15) is 0 Å². The summed E-state index contributed by atoms with van der Waals surface area (Å²) in [5, 5.41) is 5.35. The van der Waals surface area contributed by atoms with Crippen LogP contribution in [0.2, 0.25) is 0 Å². The molecule has 1 N–H and O–H groups in total. The van der Waals surface area contributed by atoms with Crippen LogP contribution in [0.5, 0.6) is 0 Å². The Bertz CT molecular complexity index is 1120. The van der Waals surface area contributed by atoms with Crippen molar-refractivity contribution in [1.82, 2.24) is 10.2 Å². The summed E-state index contributed by atoms with van der Waals surface area (Å²) in [7, 11) is 0. The van der Waals surface area contributed by atoms with Gasteiger partial charge in [-0.3, -0.25) is 9.59 Å². The fourth-order valence-corrected chi connectivity index (χ4v) is 6.47. The Morgan fingerprint density at radius 1 is 1.03 bits per heavy atom. The quantitative estimate of drug-likeness (QED) is 0.451. The Morgan fingerprint density at radius 2 is 1.76 bits per heavy atom. The molecule has 0 unspecified atom stereocenters. The van der Waals surface area contributed by atoms with Gasteiger partial charge in [-0.2, -0.15) is 0 Å². The number of amides is 2. The predicted octanol–water partition coefficient (Wildman–Crippen LogP) is 6.11. The maximum Gasteiger partial charge on any atom is 0.254 e. The number of hydrogen-bond donors (Lipinski definition) is 1. The van der Waals surface area contributed by atoms with Crippen LogP contribution in [0.15, 0.2) is 72.1 Å². The third kappa shape index (κ3) is 4.54. The second-order valence-electron chi connectivity index (χ2n) is 9.61. The van der Waals surface area contributed by atoms with Crippen LogP contribution < -0.4 is 5.32 Å². The van der Waals surface area contributed by atoms with Gasteiger partial charge in [-0.05, 0) is 61.2 Å². The van der Waals surface area contributed by atoms with Gasteiger partial charge in [-0.25, -0.2) is 0 Å². The molecule has 3 atom stereocenters. The third-order valence-electron chi connectivity index (χ3n) is 7.31. The van der Waals surface area contributed by atoms with Gasteiger partial charge in [-0.1, -0.05) is 67.4 Å². The Labute approximate surface area is 206 Å². The molecule has 0 bridgehead atoms. The average molecular weight is 473 g/mol. The van der Waals surface area contributed by atoms with E-state index in [1.165, 1.54) is 5.56 Å². The Hall–Kier alpha value is -2.92. The fourth-order valence-electron chi connectivity index (χ4n) is 5.61. The predicted molar refractivity (Wildman–Crippen MR) is 137 cm³/mol. The van der Waals surface area contributed by atoms with E-state index in [1.54, 1.807) is 11.3 Å². The maximum absolute atomic E-state index is 13.9. The lowest BCUT2D eigenvalue weighted by Gasteiger charge is -2.44. The number of carbonyl (C=O) groups is 2. The molecule has 1 saturated carbocycles. The van der Waals surface area contributed by atoms with Crippen LogP contribution in [0.4, 0.5) is 0 Å². The van der Waals surface area contributed by atoms with E-state index in [0.29, 0.717) is 5.56 Å². The number of rotatable bonds is 7. The number of hydrogen-bond acceptors (Lipinski definition) is 3. The molecule has 1 aliphatic heterocycles. The highest BCUT2D eigenvalue weighted by Gasteiger charge is 2.47. The molecule has 2 heterocycles. The minimum absolute atomic E-state index is 0.0157. The van der Waals surface area contributed by atoms with Crippen LogP contribution in [-0.4, -0.2) is 28.8 Å². The highest BCUT2D eigenvalue weighted by atomic mass is 32.1. The maximum atomic E-state index is 13.9. The summed E-state index contributed by atoms with van der Waals surface area (Å²) in [6, 6.07) is 22.2. The first kappa shape index (κ1) is 22.9. The Morgan fingerprint density at radius 3 is 2.50 bits per heavy atom. The first-order chi connectivity index (χ1) is 16.6. The number of carbonyl (C=O) groups excluding carboxylic acids is 2. The van der Waals surface area contributed by atoms with Crippen molar-refractivity contribution in [3.8, 4) is 0 Å². The molecular weight excluding hydrogens is 440 g/mol. The third-order valence-corrected chi connectivity index (χ3v) is 8.25. The molecule has 1 aromatic heterocycles. The second kappa shape index (κ2) is 10.1. The lowest BCUT2D eigenvalue weighted by molar-refractivity contribution is -0.125. The molecule has 0 saturated heterocycles. The summed E-state index contributed by atoms with van der Waals surface area (Å²) < 4.78 is 0. The van der Waals surface area contributed by atoms with Gasteiger partial charge in [0, 0.05) is 22.5 Å². The molecule has 2 aromatic carbocycles. The van der Waals surface area contributed by atoms with Gasteiger partial charge < -0.3 is 10.2 Å². The second-order valence-corrected chi connectivity index (χ2v) is 10.6. The molecule has 3 aromatic rings. The monoisotopic (exact) mass is 472 g/mol. The van der Waals surface area contributed by atoms with Gasteiger partial charge >= 0.3 is 0 Å². The van der Waals surface area contributed by atoms with Crippen molar-refractivity contribution >= 4 is 23.2 Å². The highest BCUT2D eigenvalue weighted by Crippen LogP contribution is 2.47. The van der Waals surface area contributed by atoms with E-state index in [0.717, 1.165) is 49.0 Å². The smallest absolute Gasteiger partial charge is 0.254 e. The van der Waals surface area contributed by atoms with Gasteiger partial charge in [0.05, 0.1) is 12.0 Å². The standard InChI is InChI=1S/C29H32N2O2S/c1-20(17-18-21-10-3-2-4-11-21)30-28(32)26-23-14-7-8-15-24(23)29(33)31(22-12-5-6-13-22)27(26)25-16-9-19-34-25/h2-4,7-11,14-16,19-20,22,26-27H,5-6,12-13,17-18H2,1H3,(H,30,32)/t20-,26-,27-/m1/s1. The number of aryl methyl sites for hydroxylation is 1. The van der Waals surface area contributed by atoms with E-state index < -0.39 is 5.92 Å². The van der Waals surface area contributed by atoms with Crippen LogP contribution in [-0.2, 0) is 11.2 Å². The normalized spacial score (nSPS) is 21.3. The van der Waals surface area contributed by atoms with E-state index in [-0.39, 0.29) is 29.9 Å². The molecule has 0 spiro atoms. The van der Waals surface area contributed by atoms with Crippen LogP contribution in [0.1, 0.15) is 77.3 Å². The minimum atomic E-state index is -0.410. The zero-order valence-corrected chi connectivity index (χ0v) is 20.5. The summed E-state index contributed by atoms with van der Waals surface area (Å²) >= 11 is 1.64. The first-order valence-electron chi connectivity index (χ1n) is 12.4. The van der Waals surface area contributed by atoms with Crippen LogP contribution in [0, 0.1) is 0 Å². The molecule has 4 nitrogen and oxygen atoms in total. The molecule has 176 valence electrons. The highest BCUT2D eigenvalue weighted by molar-refractivity contribution is 7.10. The van der Waals surface area contributed by atoms with Crippen LogP contribution in [0.3, 0.4) is 0 Å². The summed E-state index contributed by atoms with van der Waals surface area (Å²) in [6.45, 7) is 2.08. The molecule has 1 fully saturated rings. The van der Waals surface area contributed by atoms with Crippen LogP contribution >= 0.6 is 11.3 Å². The summed E-state index contributed by atoms with van der Waals surface area (Å²) in [5.41, 5.74) is 2.81. The van der Waals surface area contributed by atoms with Gasteiger partial charge in [0.2, 0.25) is 5.91 Å². The molecule has 5 heteroatoms. The topological polar surface area (TPSA) is 49.4 Å². The molecule has 2 aliphatic rings. The summed E-state index contributed by atoms with van der Waals surface area (Å²) in [4.78, 5) is 30.8. The van der Waals surface area contributed by atoms with Crippen molar-refractivity contribution < 1.29 is 9.59 Å². The van der Waals surface area contributed by atoms with Crippen molar-refractivity contribution in [2.45, 2.75) is 69.5 Å².